The van der Waals surface area contributed by atoms with Gasteiger partial charge >= 0.3 is 18.1 Å². The maximum Gasteiger partial charge on any atom is 0.471 e. The number of rotatable bonds is 2. The lowest BCUT2D eigenvalue weighted by molar-refractivity contribution is -0.167. The van der Waals surface area contributed by atoms with Gasteiger partial charge in [0.1, 0.15) is 0 Å². The van der Waals surface area contributed by atoms with Gasteiger partial charge in [-0.15, -0.1) is 0 Å². The number of anilines is 1. The molecule has 1 aromatic rings. The van der Waals surface area contributed by atoms with Crippen LogP contribution in [0.4, 0.5) is 18.9 Å². The van der Waals surface area contributed by atoms with Crippen LogP contribution in [0.3, 0.4) is 0 Å². The van der Waals surface area contributed by atoms with Crippen molar-refractivity contribution in [1.82, 2.24) is 0 Å². The summed E-state index contributed by atoms with van der Waals surface area (Å²) < 4.78 is 65.5. The topological polar surface area (TPSA) is 66.4 Å². The van der Waals surface area contributed by atoms with Crippen molar-refractivity contribution < 1.29 is 33.3 Å². The largest absolute Gasteiger partial charge is 0.478 e. The van der Waals surface area contributed by atoms with E-state index in [0.29, 0.717) is 0 Å². The third-order valence-electron chi connectivity index (χ3n) is 1.33. The van der Waals surface area contributed by atoms with E-state index in [1.165, 1.54) is 5.32 Å². The van der Waals surface area contributed by atoms with Gasteiger partial charge in [-0.1, -0.05) is 0 Å². The van der Waals surface area contributed by atoms with E-state index in [1.54, 1.807) is 0 Å². The molecule has 4 nitrogen and oxygen atoms in total. The molecular weight excluding hydrogens is 227 g/mol. The van der Waals surface area contributed by atoms with E-state index in [4.69, 9.17) is 10.6 Å². The minimum atomic E-state index is -5.28. The van der Waals surface area contributed by atoms with Crippen LogP contribution in [0.5, 0.6) is 0 Å². The molecule has 0 aliphatic heterocycles. The lowest BCUT2D eigenvalue weighted by Gasteiger charge is -2.07. The molecule has 0 unspecified atom stereocenters. The smallest absolute Gasteiger partial charge is 0.471 e. The number of carbonyl (C=O) groups is 2. The molecule has 0 radical (unpaired) electrons. The monoisotopic (exact) mass is 237 g/mol. The van der Waals surface area contributed by atoms with Gasteiger partial charge in [0.2, 0.25) is 0 Å². The Morgan fingerprint density at radius 1 is 1.25 bits per heavy atom. The SMILES string of the molecule is [2H]c1c([2H])c(C(=O)O)c([2H])c([2H])c1NC(=O)C(F)(F)F. The first-order valence-corrected chi connectivity index (χ1v) is 3.70. The van der Waals surface area contributed by atoms with Crippen LogP contribution in [0, 0.1) is 0 Å². The van der Waals surface area contributed by atoms with Crippen LogP contribution in [0.1, 0.15) is 15.8 Å². The molecule has 1 rings (SSSR count). The number of amides is 1. The third-order valence-corrected chi connectivity index (χ3v) is 1.33. The quantitative estimate of drug-likeness (QED) is 0.825. The van der Waals surface area contributed by atoms with E-state index in [0.717, 1.165) is 0 Å². The first kappa shape index (κ1) is 7.26. The fourth-order valence-electron chi connectivity index (χ4n) is 0.666. The van der Waals surface area contributed by atoms with Crippen LogP contribution in [-0.2, 0) is 4.79 Å². The second kappa shape index (κ2) is 4.21. The predicted molar refractivity (Wildman–Crippen MR) is 48.1 cm³/mol. The molecule has 0 aliphatic carbocycles. The molecule has 86 valence electrons. The lowest BCUT2D eigenvalue weighted by Crippen LogP contribution is -2.29. The minimum Gasteiger partial charge on any atom is -0.478 e. The third kappa shape index (κ3) is 2.97. The highest BCUT2D eigenvalue weighted by molar-refractivity contribution is 5.95. The molecule has 7 heteroatoms. The highest BCUT2D eigenvalue weighted by Crippen LogP contribution is 2.18. The Labute approximate surface area is 93.3 Å². The summed E-state index contributed by atoms with van der Waals surface area (Å²) in [5.41, 5.74) is -2.03. The maximum absolute atomic E-state index is 12.1. The highest BCUT2D eigenvalue weighted by Gasteiger charge is 2.38. The molecule has 0 spiro atoms. The number of carboxylic acids is 1. The van der Waals surface area contributed by atoms with Gasteiger partial charge in [0, 0.05) is 5.69 Å². The van der Waals surface area contributed by atoms with Crippen molar-refractivity contribution in [2.24, 2.45) is 0 Å². The standard InChI is InChI=1S/C9H6F3NO3/c10-9(11,12)8(16)13-6-3-1-5(2-4-6)7(14)15/h1-4H,(H,13,16)(H,14,15)/i1D,2D,3D,4D. The van der Waals surface area contributed by atoms with Crippen LogP contribution in [-0.4, -0.2) is 23.2 Å². The van der Waals surface area contributed by atoms with E-state index in [1.807, 2.05) is 0 Å². The second-order valence-electron chi connectivity index (χ2n) is 2.51. The van der Waals surface area contributed by atoms with Crippen molar-refractivity contribution in [3.63, 3.8) is 0 Å². The predicted octanol–water partition coefficient (Wildman–Crippen LogP) is 1.89. The van der Waals surface area contributed by atoms with E-state index < -0.39 is 53.5 Å². The van der Waals surface area contributed by atoms with Crippen LogP contribution in [0.15, 0.2) is 24.2 Å². The van der Waals surface area contributed by atoms with Crippen molar-refractivity contribution in [1.29, 1.82) is 0 Å². The molecule has 0 aliphatic rings. The van der Waals surface area contributed by atoms with Crippen molar-refractivity contribution in [3.05, 3.63) is 29.7 Å². The zero-order valence-corrected chi connectivity index (χ0v) is 7.40. The van der Waals surface area contributed by atoms with Crippen LogP contribution in [0.25, 0.3) is 0 Å². The molecule has 0 fully saturated rings. The van der Waals surface area contributed by atoms with Crippen molar-refractivity contribution in [2.75, 3.05) is 5.32 Å². The Bertz CT molecular complexity index is 574. The number of nitrogens with one attached hydrogen (secondary N) is 1. The first-order valence-electron chi connectivity index (χ1n) is 5.70. The van der Waals surface area contributed by atoms with Gasteiger partial charge in [0.15, 0.2) is 0 Å². The van der Waals surface area contributed by atoms with E-state index >= 15 is 0 Å². The van der Waals surface area contributed by atoms with Crippen LogP contribution in [0.2, 0.25) is 0 Å². The molecule has 0 aromatic heterocycles. The van der Waals surface area contributed by atoms with E-state index in [2.05, 4.69) is 0 Å². The molecule has 2 N–H and O–H groups in total. The molecule has 0 atom stereocenters. The zero-order valence-electron chi connectivity index (χ0n) is 11.4. The van der Waals surface area contributed by atoms with Crippen molar-refractivity contribution >= 4 is 17.6 Å². The number of aromatic carboxylic acids is 1. The van der Waals surface area contributed by atoms with E-state index in [-0.39, 0.29) is 0 Å². The maximum atomic E-state index is 12.1. The summed E-state index contributed by atoms with van der Waals surface area (Å²) in [7, 11) is 0. The molecule has 0 saturated carbocycles. The number of hydrogen-bond acceptors (Lipinski definition) is 2. The Hall–Kier alpha value is -2.05. The minimum absolute atomic E-state index is 0.995. The Balaban J connectivity index is 3.45. The summed E-state index contributed by atoms with van der Waals surface area (Å²) in [4.78, 5) is 21.5. The van der Waals surface area contributed by atoms with Gasteiger partial charge in [-0.2, -0.15) is 13.2 Å². The summed E-state index contributed by atoms with van der Waals surface area (Å²) in [5.74, 6) is -4.25. The summed E-state index contributed by atoms with van der Waals surface area (Å²) >= 11 is 0. The van der Waals surface area contributed by atoms with Crippen LogP contribution < -0.4 is 5.32 Å². The number of benzene rings is 1. The van der Waals surface area contributed by atoms with Gasteiger partial charge in [-0.3, -0.25) is 4.79 Å². The molecule has 1 amide bonds. The average Bonchev–Trinajstić information content (AvgIpc) is 2.30. The van der Waals surface area contributed by atoms with Gasteiger partial charge in [-0.05, 0) is 24.2 Å². The molecule has 16 heavy (non-hydrogen) atoms. The first-order chi connectivity index (χ1) is 8.98. The number of carboxylic acid groups (broad SMARTS) is 1. The fraction of sp³-hybridized carbons (Fsp3) is 0.111. The summed E-state index contributed by atoms with van der Waals surface area (Å²) in [5, 5.41) is 9.92. The van der Waals surface area contributed by atoms with Crippen molar-refractivity contribution in [2.45, 2.75) is 6.18 Å². The number of carbonyl (C=O) groups excluding carboxylic acids is 1. The molecule has 0 saturated heterocycles. The Morgan fingerprint density at radius 3 is 2.12 bits per heavy atom. The second-order valence-corrected chi connectivity index (χ2v) is 2.51. The summed E-state index contributed by atoms with van der Waals surface area (Å²) in [6.07, 6.45) is -5.28. The zero-order chi connectivity index (χ0) is 15.8. The highest BCUT2D eigenvalue weighted by atomic mass is 19.4. The van der Waals surface area contributed by atoms with Gasteiger partial charge in [-0.25, -0.2) is 4.79 Å². The lowest BCUT2D eigenvalue weighted by atomic mass is 10.2. The number of halogens is 3. The number of alkyl halides is 3. The molecule has 1 aromatic carbocycles. The number of hydrogen-bond donors (Lipinski definition) is 2. The van der Waals surface area contributed by atoms with E-state index in [9.17, 15) is 22.8 Å². The Kier molecular flexibility index (Phi) is 1.91. The van der Waals surface area contributed by atoms with Gasteiger partial charge < -0.3 is 10.4 Å². The molecular formula is C9H6F3NO3. The molecule has 0 bridgehead atoms. The van der Waals surface area contributed by atoms with Crippen LogP contribution >= 0.6 is 0 Å². The van der Waals surface area contributed by atoms with Gasteiger partial charge in [0.05, 0.1) is 11.0 Å². The van der Waals surface area contributed by atoms with Gasteiger partial charge in [0.25, 0.3) is 0 Å². The average molecular weight is 237 g/mol. The fourth-order valence-corrected chi connectivity index (χ4v) is 0.666. The normalized spacial score (nSPS) is 14.4. The molecule has 0 heterocycles. The van der Waals surface area contributed by atoms with Crippen molar-refractivity contribution in [3.8, 4) is 0 Å². The Morgan fingerprint density at radius 2 is 1.75 bits per heavy atom. The summed E-state index contributed by atoms with van der Waals surface area (Å²) in [6, 6.07) is -4.28. The summed E-state index contributed by atoms with van der Waals surface area (Å²) in [6.45, 7) is 0.